The molecule has 1 aliphatic rings. The van der Waals surface area contributed by atoms with Crippen molar-refractivity contribution in [2.75, 3.05) is 11.4 Å². The minimum Gasteiger partial charge on any atom is -0.446 e. The number of hydrogen-bond acceptors (Lipinski definition) is 4. The minimum atomic E-state index is -5.03. The number of halogens is 9. The number of anilines is 1. The van der Waals surface area contributed by atoms with Gasteiger partial charge >= 0.3 is 24.6 Å². The molecule has 0 bridgehead atoms. The van der Waals surface area contributed by atoms with E-state index in [1.807, 2.05) is 0 Å². The number of rotatable bonds is 4. The fraction of sp³-hybridized carbons (Fsp3) is 0.500. The van der Waals surface area contributed by atoms with Gasteiger partial charge in [-0.25, -0.2) is 4.79 Å². The van der Waals surface area contributed by atoms with Crippen molar-refractivity contribution in [1.29, 1.82) is 0 Å². The van der Waals surface area contributed by atoms with E-state index in [-0.39, 0.29) is 42.4 Å². The van der Waals surface area contributed by atoms with Gasteiger partial charge in [-0.1, -0.05) is 0 Å². The first kappa shape index (κ1) is 29.5. The van der Waals surface area contributed by atoms with Crippen LogP contribution < -0.4 is 10.2 Å². The zero-order chi connectivity index (χ0) is 28.6. The fourth-order valence-corrected chi connectivity index (χ4v) is 4.10. The highest BCUT2D eigenvalue weighted by molar-refractivity contribution is 5.89. The lowest BCUT2D eigenvalue weighted by Crippen LogP contribution is -2.34. The van der Waals surface area contributed by atoms with Crippen LogP contribution in [0.2, 0.25) is 0 Å². The Morgan fingerprint density at radius 3 is 2.08 bits per heavy atom. The number of alkyl halides is 9. The van der Waals surface area contributed by atoms with Gasteiger partial charge in [-0.15, -0.1) is 0 Å². The minimum absolute atomic E-state index is 0.00303. The van der Waals surface area contributed by atoms with E-state index in [4.69, 9.17) is 4.74 Å². The second-order valence-corrected chi connectivity index (χ2v) is 9.10. The van der Waals surface area contributed by atoms with Gasteiger partial charge in [0.25, 0.3) is 0 Å². The Hall–Kier alpha value is -3.03. The highest BCUT2D eigenvalue weighted by Gasteiger charge is 2.39. The Bertz CT molecular complexity index is 1140. The summed E-state index contributed by atoms with van der Waals surface area (Å²) in [7, 11) is 0. The number of aryl methyl sites for hydroxylation is 1. The molecule has 210 valence electrons. The molecule has 1 N–H and O–H groups in total. The molecule has 38 heavy (non-hydrogen) atoms. The first-order valence-electron chi connectivity index (χ1n) is 11.5. The van der Waals surface area contributed by atoms with Crippen LogP contribution >= 0.6 is 0 Å². The molecular weight excluding hydrogens is 533 g/mol. The first-order valence-corrected chi connectivity index (χ1v) is 11.5. The second kappa shape index (κ2) is 10.6. The molecule has 0 aliphatic carbocycles. The number of carbonyl (C=O) groups excluding carboxylic acids is 1. The van der Waals surface area contributed by atoms with Crippen LogP contribution in [-0.2, 0) is 29.8 Å². The zero-order valence-corrected chi connectivity index (χ0v) is 20.4. The van der Waals surface area contributed by atoms with Crippen LogP contribution in [-0.4, -0.2) is 23.7 Å². The molecule has 1 atom stereocenters. The lowest BCUT2D eigenvalue weighted by atomic mass is 10.0. The zero-order valence-electron chi connectivity index (χ0n) is 20.4. The van der Waals surface area contributed by atoms with Gasteiger partial charge < -0.3 is 10.1 Å². The molecule has 0 radical (unpaired) electrons. The number of nitrogens with zero attached hydrogens (tertiary/aromatic N) is 2. The van der Waals surface area contributed by atoms with E-state index in [1.165, 1.54) is 0 Å². The largest absolute Gasteiger partial charge is 0.446 e. The smallest absolute Gasteiger partial charge is 0.418 e. The number of carbonyl (C=O) groups is 1. The SMILES string of the molecule is Cc1nc2c(cc1C(F)(F)F)N(C(=O)OC(C)C)CCCC2NCc1cc(C(F)(F)F)cc(C(F)(F)F)c1. The third-order valence-corrected chi connectivity index (χ3v) is 5.78. The van der Waals surface area contributed by atoms with E-state index < -0.39 is 65.7 Å². The normalized spacial score (nSPS) is 16.9. The molecule has 1 unspecified atom stereocenters. The van der Waals surface area contributed by atoms with Crippen LogP contribution in [0.15, 0.2) is 24.3 Å². The second-order valence-electron chi connectivity index (χ2n) is 9.10. The standard InChI is InChI=1S/C24H24F9N3O2/c1-12(2)38-21(37)36-6-4-5-18(20-19(36)10-17(13(3)35-20)24(31,32)33)34-11-14-7-15(22(25,26)27)9-16(8-14)23(28,29)30/h7-10,12,18,34H,4-6,11H2,1-3H3. The van der Waals surface area contributed by atoms with Crippen molar-refractivity contribution in [2.45, 2.75) is 70.8 Å². The maximum atomic E-state index is 13.6. The highest BCUT2D eigenvalue weighted by atomic mass is 19.4. The molecule has 0 fully saturated rings. The Morgan fingerprint density at radius 1 is 1.00 bits per heavy atom. The monoisotopic (exact) mass is 557 g/mol. The topological polar surface area (TPSA) is 54.5 Å². The molecule has 2 heterocycles. The summed E-state index contributed by atoms with van der Waals surface area (Å²) >= 11 is 0. The van der Waals surface area contributed by atoms with Crippen molar-refractivity contribution in [1.82, 2.24) is 10.3 Å². The number of pyridine rings is 1. The van der Waals surface area contributed by atoms with Crippen molar-refractivity contribution in [2.24, 2.45) is 0 Å². The van der Waals surface area contributed by atoms with Gasteiger partial charge in [-0.2, -0.15) is 39.5 Å². The summed E-state index contributed by atoms with van der Waals surface area (Å²) in [5.41, 5.74) is -5.01. The number of fused-ring (bicyclic) bond motifs is 1. The number of benzene rings is 1. The average Bonchev–Trinajstić information content (AvgIpc) is 2.93. The summed E-state index contributed by atoms with van der Waals surface area (Å²) in [6.07, 6.45) is -15.9. The lowest BCUT2D eigenvalue weighted by molar-refractivity contribution is -0.143. The Labute approximate surface area is 212 Å². The predicted molar refractivity (Wildman–Crippen MR) is 118 cm³/mol. The maximum absolute atomic E-state index is 13.6. The summed E-state index contributed by atoms with van der Waals surface area (Å²) in [5, 5.41) is 2.82. The highest BCUT2D eigenvalue weighted by Crippen LogP contribution is 2.40. The average molecular weight is 557 g/mol. The summed E-state index contributed by atoms with van der Waals surface area (Å²) in [4.78, 5) is 17.8. The quantitative estimate of drug-likeness (QED) is 0.398. The number of nitrogens with one attached hydrogen (secondary N) is 1. The van der Waals surface area contributed by atoms with Crippen molar-refractivity contribution in [3.8, 4) is 0 Å². The van der Waals surface area contributed by atoms with E-state index in [9.17, 15) is 44.3 Å². The number of hydrogen-bond donors (Lipinski definition) is 1. The molecule has 3 rings (SSSR count). The van der Waals surface area contributed by atoms with Crippen LogP contribution in [0.25, 0.3) is 0 Å². The fourth-order valence-electron chi connectivity index (χ4n) is 4.10. The van der Waals surface area contributed by atoms with Gasteiger partial charge in [0, 0.05) is 13.1 Å². The first-order chi connectivity index (χ1) is 17.4. The van der Waals surface area contributed by atoms with E-state index >= 15 is 0 Å². The molecule has 1 amide bonds. The van der Waals surface area contributed by atoms with Crippen molar-refractivity contribution < 1.29 is 49.0 Å². The van der Waals surface area contributed by atoms with Crippen LogP contribution in [0, 0.1) is 6.92 Å². The van der Waals surface area contributed by atoms with Crippen LogP contribution in [0.5, 0.6) is 0 Å². The summed E-state index contributed by atoms with van der Waals surface area (Å²) < 4.78 is 125. The number of ether oxygens (including phenoxy) is 1. The van der Waals surface area contributed by atoms with Crippen LogP contribution in [0.3, 0.4) is 0 Å². The van der Waals surface area contributed by atoms with Crippen LogP contribution in [0.1, 0.15) is 66.4 Å². The number of amides is 1. The summed E-state index contributed by atoms with van der Waals surface area (Å²) in [6.45, 7) is 3.71. The third kappa shape index (κ3) is 6.88. The summed E-state index contributed by atoms with van der Waals surface area (Å²) in [6, 6.07) is 1.01. The van der Waals surface area contributed by atoms with Crippen molar-refractivity contribution in [3.05, 3.63) is 57.9 Å². The van der Waals surface area contributed by atoms with E-state index in [0.29, 0.717) is 12.1 Å². The van der Waals surface area contributed by atoms with Gasteiger partial charge in [0.05, 0.1) is 45.9 Å². The maximum Gasteiger partial charge on any atom is 0.418 e. The summed E-state index contributed by atoms with van der Waals surface area (Å²) in [5.74, 6) is 0. The van der Waals surface area contributed by atoms with Gasteiger partial charge in [-0.05, 0) is 63.4 Å². The molecule has 0 spiro atoms. The number of aromatic nitrogens is 1. The van der Waals surface area contributed by atoms with Gasteiger partial charge in [0.2, 0.25) is 0 Å². The predicted octanol–water partition coefficient (Wildman–Crippen LogP) is 7.42. The molecule has 0 saturated heterocycles. The molecule has 2 aromatic rings. The Kier molecular flexibility index (Phi) is 8.25. The molecule has 1 aliphatic heterocycles. The molecular formula is C24H24F9N3O2. The Balaban J connectivity index is 2.03. The van der Waals surface area contributed by atoms with E-state index in [2.05, 4.69) is 10.3 Å². The van der Waals surface area contributed by atoms with Crippen molar-refractivity contribution in [3.63, 3.8) is 0 Å². The molecule has 1 aromatic heterocycles. The molecule has 0 saturated carbocycles. The Morgan fingerprint density at radius 2 is 1.58 bits per heavy atom. The van der Waals surface area contributed by atoms with Gasteiger partial charge in [-0.3, -0.25) is 9.88 Å². The molecule has 5 nitrogen and oxygen atoms in total. The van der Waals surface area contributed by atoms with Crippen molar-refractivity contribution >= 4 is 11.8 Å². The lowest BCUT2D eigenvalue weighted by Gasteiger charge is -2.26. The van der Waals surface area contributed by atoms with Gasteiger partial charge in [0.15, 0.2) is 0 Å². The third-order valence-electron chi connectivity index (χ3n) is 5.78. The van der Waals surface area contributed by atoms with Gasteiger partial charge in [0.1, 0.15) is 0 Å². The molecule has 1 aromatic carbocycles. The van der Waals surface area contributed by atoms with E-state index in [1.54, 1.807) is 13.8 Å². The van der Waals surface area contributed by atoms with Crippen LogP contribution in [0.4, 0.5) is 50.0 Å². The van der Waals surface area contributed by atoms with E-state index in [0.717, 1.165) is 17.9 Å². The molecule has 14 heteroatoms.